The van der Waals surface area contributed by atoms with Crippen molar-refractivity contribution in [2.75, 3.05) is 24.6 Å². The zero-order valence-electron chi connectivity index (χ0n) is 7.08. The average Bonchev–Trinajstić information content (AvgIpc) is 2.05. The highest BCUT2D eigenvalue weighted by Gasteiger charge is 2.12. The van der Waals surface area contributed by atoms with Crippen molar-refractivity contribution in [2.45, 2.75) is 12.8 Å². The van der Waals surface area contributed by atoms with E-state index in [1.54, 1.807) is 0 Å². The molecule has 70 valence electrons. The second-order valence-corrected chi connectivity index (χ2v) is 4.31. The van der Waals surface area contributed by atoms with Crippen molar-refractivity contribution in [3.05, 3.63) is 0 Å². The Morgan fingerprint density at radius 1 is 1.50 bits per heavy atom. The summed E-state index contributed by atoms with van der Waals surface area (Å²) in [7, 11) is 0. The zero-order valence-corrected chi connectivity index (χ0v) is 7.90. The van der Waals surface area contributed by atoms with E-state index in [9.17, 15) is 4.79 Å². The van der Waals surface area contributed by atoms with Crippen LogP contribution in [0.5, 0.6) is 0 Å². The molecule has 1 aliphatic rings. The SMILES string of the molecule is O=C(O)CNCC1CCSCC1. The van der Waals surface area contributed by atoms with E-state index in [0.29, 0.717) is 5.92 Å². The second-order valence-electron chi connectivity index (χ2n) is 3.08. The predicted octanol–water partition coefficient (Wildman–Crippen LogP) is 0.804. The van der Waals surface area contributed by atoms with Gasteiger partial charge in [0.05, 0.1) is 6.54 Å². The molecule has 0 spiro atoms. The summed E-state index contributed by atoms with van der Waals surface area (Å²) in [5, 5.41) is 11.3. The molecule has 0 atom stereocenters. The lowest BCUT2D eigenvalue weighted by Crippen LogP contribution is -2.29. The van der Waals surface area contributed by atoms with E-state index in [0.717, 1.165) is 6.54 Å². The fourth-order valence-corrected chi connectivity index (χ4v) is 2.54. The van der Waals surface area contributed by atoms with Crippen LogP contribution < -0.4 is 5.32 Å². The number of carboxylic acid groups (broad SMARTS) is 1. The summed E-state index contributed by atoms with van der Waals surface area (Å²) >= 11 is 1.99. The van der Waals surface area contributed by atoms with Crippen LogP contribution in [0.4, 0.5) is 0 Å². The summed E-state index contributed by atoms with van der Waals surface area (Å²) < 4.78 is 0. The molecule has 2 N–H and O–H groups in total. The summed E-state index contributed by atoms with van der Waals surface area (Å²) in [4.78, 5) is 10.2. The summed E-state index contributed by atoms with van der Waals surface area (Å²) in [6.07, 6.45) is 2.47. The molecule has 1 fully saturated rings. The molecular formula is C8H15NO2S. The third-order valence-corrected chi connectivity index (χ3v) is 3.10. The number of nitrogens with one attached hydrogen (secondary N) is 1. The van der Waals surface area contributed by atoms with Crippen LogP contribution in [0.15, 0.2) is 0 Å². The largest absolute Gasteiger partial charge is 0.480 e. The molecule has 1 heterocycles. The molecule has 0 unspecified atom stereocenters. The van der Waals surface area contributed by atoms with E-state index < -0.39 is 5.97 Å². The van der Waals surface area contributed by atoms with Gasteiger partial charge in [0.15, 0.2) is 0 Å². The molecule has 1 aliphatic heterocycles. The molecule has 1 rings (SSSR count). The number of thioether (sulfide) groups is 1. The highest BCUT2D eigenvalue weighted by molar-refractivity contribution is 7.99. The number of aliphatic carboxylic acids is 1. The van der Waals surface area contributed by atoms with E-state index in [4.69, 9.17) is 5.11 Å². The Balaban J connectivity index is 2.01. The monoisotopic (exact) mass is 189 g/mol. The van der Waals surface area contributed by atoms with Crippen molar-refractivity contribution in [1.82, 2.24) is 5.32 Å². The van der Waals surface area contributed by atoms with Gasteiger partial charge in [-0.05, 0) is 36.8 Å². The van der Waals surface area contributed by atoms with Crippen LogP contribution in [0.25, 0.3) is 0 Å². The molecule has 0 bridgehead atoms. The van der Waals surface area contributed by atoms with E-state index >= 15 is 0 Å². The van der Waals surface area contributed by atoms with Gasteiger partial charge in [0.25, 0.3) is 0 Å². The van der Waals surface area contributed by atoms with Crippen LogP contribution >= 0.6 is 11.8 Å². The van der Waals surface area contributed by atoms with Gasteiger partial charge in [0.1, 0.15) is 0 Å². The Kier molecular flexibility index (Phi) is 4.46. The van der Waals surface area contributed by atoms with Crippen LogP contribution in [0.1, 0.15) is 12.8 Å². The fraction of sp³-hybridized carbons (Fsp3) is 0.875. The van der Waals surface area contributed by atoms with Crippen LogP contribution in [-0.2, 0) is 4.79 Å². The highest BCUT2D eigenvalue weighted by Crippen LogP contribution is 2.21. The quantitative estimate of drug-likeness (QED) is 0.687. The first-order valence-electron chi connectivity index (χ1n) is 4.29. The van der Waals surface area contributed by atoms with Gasteiger partial charge in [-0.3, -0.25) is 4.79 Å². The maximum Gasteiger partial charge on any atom is 0.317 e. The van der Waals surface area contributed by atoms with Crippen molar-refractivity contribution in [3.8, 4) is 0 Å². The molecule has 3 nitrogen and oxygen atoms in total. The minimum atomic E-state index is -0.764. The lowest BCUT2D eigenvalue weighted by molar-refractivity contribution is -0.136. The molecule has 0 aromatic heterocycles. The Bertz CT molecular complexity index is 146. The third kappa shape index (κ3) is 3.97. The fourth-order valence-electron chi connectivity index (χ4n) is 1.33. The van der Waals surface area contributed by atoms with E-state index in [2.05, 4.69) is 5.32 Å². The number of carboxylic acids is 1. The van der Waals surface area contributed by atoms with Crippen molar-refractivity contribution in [1.29, 1.82) is 0 Å². The molecule has 1 saturated heterocycles. The molecule has 0 saturated carbocycles. The van der Waals surface area contributed by atoms with Gasteiger partial charge in [-0.15, -0.1) is 0 Å². The van der Waals surface area contributed by atoms with Crippen molar-refractivity contribution in [2.24, 2.45) is 5.92 Å². The number of carbonyl (C=O) groups is 1. The molecule has 0 amide bonds. The van der Waals surface area contributed by atoms with Crippen LogP contribution in [-0.4, -0.2) is 35.7 Å². The Morgan fingerprint density at radius 3 is 2.75 bits per heavy atom. The standard InChI is InChI=1S/C8H15NO2S/c10-8(11)6-9-5-7-1-3-12-4-2-7/h7,9H,1-6H2,(H,10,11). The summed E-state index contributed by atoms with van der Waals surface area (Å²) in [6.45, 7) is 0.969. The van der Waals surface area contributed by atoms with Crippen LogP contribution in [0, 0.1) is 5.92 Å². The van der Waals surface area contributed by atoms with E-state index in [-0.39, 0.29) is 6.54 Å². The highest BCUT2D eigenvalue weighted by atomic mass is 32.2. The maximum atomic E-state index is 10.2. The second kappa shape index (κ2) is 5.43. The van der Waals surface area contributed by atoms with Gasteiger partial charge < -0.3 is 10.4 Å². The van der Waals surface area contributed by atoms with E-state index in [1.807, 2.05) is 11.8 Å². The number of rotatable bonds is 4. The minimum Gasteiger partial charge on any atom is -0.480 e. The third-order valence-electron chi connectivity index (χ3n) is 2.05. The van der Waals surface area contributed by atoms with Gasteiger partial charge in [-0.25, -0.2) is 0 Å². The lowest BCUT2D eigenvalue weighted by atomic mass is 10.0. The van der Waals surface area contributed by atoms with Gasteiger partial charge in [-0.1, -0.05) is 0 Å². The smallest absolute Gasteiger partial charge is 0.317 e. The van der Waals surface area contributed by atoms with Crippen molar-refractivity contribution < 1.29 is 9.90 Å². The first-order valence-corrected chi connectivity index (χ1v) is 5.45. The molecule has 4 heteroatoms. The van der Waals surface area contributed by atoms with Gasteiger partial charge in [0, 0.05) is 0 Å². The first kappa shape index (κ1) is 9.86. The maximum absolute atomic E-state index is 10.2. The first-order chi connectivity index (χ1) is 5.79. The molecule has 12 heavy (non-hydrogen) atoms. The van der Waals surface area contributed by atoms with Gasteiger partial charge >= 0.3 is 5.97 Å². The topological polar surface area (TPSA) is 49.3 Å². The lowest BCUT2D eigenvalue weighted by Gasteiger charge is -2.20. The predicted molar refractivity (Wildman–Crippen MR) is 50.6 cm³/mol. The molecular weight excluding hydrogens is 174 g/mol. The molecule has 0 aromatic carbocycles. The number of hydrogen-bond acceptors (Lipinski definition) is 3. The minimum absolute atomic E-state index is 0.101. The zero-order chi connectivity index (χ0) is 8.81. The molecule has 0 aliphatic carbocycles. The summed E-state index contributed by atoms with van der Waals surface area (Å²) in [5.74, 6) is 2.41. The Labute approximate surface area is 76.9 Å². The molecule has 0 radical (unpaired) electrons. The van der Waals surface area contributed by atoms with Crippen molar-refractivity contribution in [3.63, 3.8) is 0 Å². The van der Waals surface area contributed by atoms with Gasteiger partial charge in [0.2, 0.25) is 0 Å². The average molecular weight is 189 g/mol. The Hall–Kier alpha value is -0.220. The summed E-state index contributed by atoms with van der Waals surface area (Å²) in [5.41, 5.74) is 0. The normalized spacial score (nSPS) is 19.3. The van der Waals surface area contributed by atoms with Gasteiger partial charge in [-0.2, -0.15) is 11.8 Å². The van der Waals surface area contributed by atoms with E-state index in [1.165, 1.54) is 24.3 Å². The Morgan fingerprint density at radius 2 is 2.17 bits per heavy atom. The van der Waals surface area contributed by atoms with Crippen LogP contribution in [0.2, 0.25) is 0 Å². The number of hydrogen-bond donors (Lipinski definition) is 2. The van der Waals surface area contributed by atoms with Crippen molar-refractivity contribution >= 4 is 17.7 Å². The van der Waals surface area contributed by atoms with Crippen LogP contribution in [0.3, 0.4) is 0 Å². The molecule has 0 aromatic rings. The summed E-state index contributed by atoms with van der Waals surface area (Å²) in [6, 6.07) is 0.